The number of pyridine rings is 1. The van der Waals surface area contributed by atoms with E-state index in [1.54, 1.807) is 42.7 Å². The fourth-order valence-electron chi connectivity index (χ4n) is 1.49. The van der Waals surface area contributed by atoms with Crippen LogP contribution in [0.15, 0.2) is 48.8 Å². The first kappa shape index (κ1) is 14.6. The van der Waals surface area contributed by atoms with Crippen molar-refractivity contribution in [3.05, 3.63) is 70.0 Å². The summed E-state index contributed by atoms with van der Waals surface area (Å²) in [6.07, 6.45) is 6.19. The van der Waals surface area contributed by atoms with Crippen molar-refractivity contribution in [2.24, 2.45) is 0 Å². The molecule has 0 aliphatic carbocycles. The maximum Gasteiger partial charge on any atom is 0.331 e. The molecule has 0 N–H and O–H groups in total. The monoisotopic (exact) mass is 307 g/mol. The highest BCUT2D eigenvalue weighted by Crippen LogP contribution is 2.21. The van der Waals surface area contributed by atoms with E-state index in [0.717, 1.165) is 5.56 Å². The number of hydrogen-bond donors (Lipinski definition) is 0. The van der Waals surface area contributed by atoms with Crippen molar-refractivity contribution in [3.8, 4) is 0 Å². The van der Waals surface area contributed by atoms with Crippen molar-refractivity contribution in [3.63, 3.8) is 0 Å². The van der Waals surface area contributed by atoms with Crippen LogP contribution < -0.4 is 0 Å². The lowest BCUT2D eigenvalue weighted by atomic mass is 10.2. The summed E-state index contributed by atoms with van der Waals surface area (Å²) in [5.74, 6) is -0.454. The van der Waals surface area contributed by atoms with E-state index >= 15 is 0 Å². The summed E-state index contributed by atoms with van der Waals surface area (Å²) in [5, 5.41) is 1.07. The molecule has 0 saturated carbocycles. The minimum Gasteiger partial charge on any atom is -0.458 e. The predicted molar refractivity (Wildman–Crippen MR) is 79.5 cm³/mol. The zero-order chi connectivity index (χ0) is 14.4. The Kier molecular flexibility index (Phi) is 5.16. The van der Waals surface area contributed by atoms with Crippen molar-refractivity contribution in [2.45, 2.75) is 6.61 Å². The van der Waals surface area contributed by atoms with Gasteiger partial charge in [0.05, 0.1) is 0 Å². The Balaban J connectivity index is 1.94. The van der Waals surface area contributed by atoms with E-state index in [9.17, 15) is 4.79 Å². The Bertz CT molecular complexity index is 627. The van der Waals surface area contributed by atoms with Crippen molar-refractivity contribution < 1.29 is 9.53 Å². The van der Waals surface area contributed by atoms with Crippen molar-refractivity contribution in [2.75, 3.05) is 0 Å². The van der Waals surface area contributed by atoms with Crippen LogP contribution in [0, 0.1) is 0 Å². The molecule has 0 atom stereocenters. The first-order valence-corrected chi connectivity index (χ1v) is 6.59. The average Bonchev–Trinajstić information content (AvgIpc) is 2.47. The quantitative estimate of drug-likeness (QED) is 0.629. The number of halogens is 2. The Morgan fingerprint density at radius 1 is 1.30 bits per heavy atom. The topological polar surface area (TPSA) is 39.2 Å². The van der Waals surface area contributed by atoms with Crippen molar-refractivity contribution in [1.29, 1.82) is 0 Å². The van der Waals surface area contributed by atoms with Gasteiger partial charge in [-0.05, 0) is 35.9 Å². The Hall–Kier alpha value is -1.84. The largest absolute Gasteiger partial charge is 0.458 e. The van der Waals surface area contributed by atoms with Gasteiger partial charge in [-0.2, -0.15) is 0 Å². The lowest BCUT2D eigenvalue weighted by Crippen LogP contribution is -2.00. The average molecular weight is 308 g/mol. The number of carbonyl (C=O) groups excluding carboxylic acids is 1. The standard InChI is InChI=1S/C15H11Cl2NO2/c16-13-4-5-14(17)12(8-13)3-6-15(19)20-10-11-2-1-7-18-9-11/h1-9H,10H2/b6-3+. The van der Waals surface area contributed by atoms with Gasteiger partial charge >= 0.3 is 5.97 Å². The minimum absolute atomic E-state index is 0.181. The van der Waals surface area contributed by atoms with Gasteiger partial charge in [-0.3, -0.25) is 4.98 Å². The van der Waals surface area contributed by atoms with E-state index < -0.39 is 5.97 Å². The van der Waals surface area contributed by atoms with Crippen LogP contribution in [-0.4, -0.2) is 11.0 Å². The zero-order valence-corrected chi connectivity index (χ0v) is 11.9. The molecular weight excluding hydrogens is 297 g/mol. The van der Waals surface area contributed by atoms with Crippen LogP contribution in [0.1, 0.15) is 11.1 Å². The molecule has 0 aliphatic heterocycles. The van der Waals surface area contributed by atoms with Crippen LogP contribution in [0.2, 0.25) is 10.0 Å². The number of nitrogens with zero attached hydrogens (tertiary/aromatic N) is 1. The predicted octanol–water partition coefficient (Wildman–Crippen LogP) is 4.15. The molecule has 0 unspecified atom stereocenters. The molecule has 0 spiro atoms. The highest BCUT2D eigenvalue weighted by molar-refractivity contribution is 6.34. The lowest BCUT2D eigenvalue weighted by molar-refractivity contribution is -0.138. The number of carbonyl (C=O) groups is 1. The van der Waals surface area contributed by atoms with Gasteiger partial charge in [0.2, 0.25) is 0 Å². The Morgan fingerprint density at radius 2 is 2.15 bits per heavy atom. The Labute approximate surface area is 126 Å². The van der Waals surface area contributed by atoms with E-state index in [0.29, 0.717) is 15.6 Å². The molecule has 3 nitrogen and oxygen atoms in total. The Morgan fingerprint density at radius 3 is 2.90 bits per heavy atom. The third-order valence-electron chi connectivity index (χ3n) is 2.46. The van der Waals surface area contributed by atoms with Gasteiger partial charge in [-0.15, -0.1) is 0 Å². The fourth-order valence-corrected chi connectivity index (χ4v) is 1.85. The zero-order valence-electron chi connectivity index (χ0n) is 10.4. The number of rotatable bonds is 4. The smallest absolute Gasteiger partial charge is 0.331 e. The number of ether oxygens (including phenoxy) is 1. The summed E-state index contributed by atoms with van der Waals surface area (Å²) in [6, 6.07) is 8.64. The van der Waals surface area contributed by atoms with Gasteiger partial charge in [0, 0.05) is 34.1 Å². The molecule has 1 aromatic heterocycles. The highest BCUT2D eigenvalue weighted by atomic mass is 35.5. The second-order valence-corrected chi connectivity index (χ2v) is 4.81. The van der Waals surface area contributed by atoms with Crippen LogP contribution in [0.5, 0.6) is 0 Å². The normalized spacial score (nSPS) is 10.7. The molecule has 5 heteroatoms. The maximum atomic E-state index is 11.6. The molecule has 1 aromatic carbocycles. The molecule has 102 valence electrons. The molecule has 2 aromatic rings. The van der Waals surface area contributed by atoms with Crippen LogP contribution in [0.3, 0.4) is 0 Å². The van der Waals surface area contributed by atoms with Crippen LogP contribution in [-0.2, 0) is 16.1 Å². The van der Waals surface area contributed by atoms with Crippen LogP contribution in [0.25, 0.3) is 6.08 Å². The summed E-state index contributed by atoms with van der Waals surface area (Å²) in [5.41, 5.74) is 1.49. The van der Waals surface area contributed by atoms with Gasteiger partial charge in [-0.1, -0.05) is 29.3 Å². The van der Waals surface area contributed by atoms with Gasteiger partial charge < -0.3 is 4.74 Å². The molecule has 0 aliphatic rings. The number of esters is 1. The van der Waals surface area contributed by atoms with Crippen molar-refractivity contribution in [1.82, 2.24) is 4.98 Å². The molecule has 20 heavy (non-hydrogen) atoms. The fraction of sp³-hybridized carbons (Fsp3) is 0.0667. The van der Waals surface area contributed by atoms with E-state index in [1.165, 1.54) is 6.08 Å². The lowest BCUT2D eigenvalue weighted by Gasteiger charge is -2.02. The first-order chi connectivity index (χ1) is 9.65. The van der Waals surface area contributed by atoms with E-state index in [4.69, 9.17) is 27.9 Å². The SMILES string of the molecule is O=C(/C=C/c1cc(Cl)ccc1Cl)OCc1cccnc1. The van der Waals surface area contributed by atoms with E-state index in [1.807, 2.05) is 6.07 Å². The van der Waals surface area contributed by atoms with Gasteiger partial charge in [0.1, 0.15) is 6.61 Å². The highest BCUT2D eigenvalue weighted by Gasteiger charge is 2.01. The maximum absolute atomic E-state index is 11.6. The summed E-state index contributed by atoms with van der Waals surface area (Å²) in [7, 11) is 0. The van der Waals surface area contributed by atoms with Gasteiger partial charge in [-0.25, -0.2) is 4.79 Å². The van der Waals surface area contributed by atoms with Crippen molar-refractivity contribution >= 4 is 35.2 Å². The van der Waals surface area contributed by atoms with Gasteiger partial charge in [0.15, 0.2) is 0 Å². The van der Waals surface area contributed by atoms with Gasteiger partial charge in [0.25, 0.3) is 0 Å². The summed E-state index contributed by atoms with van der Waals surface area (Å²) in [4.78, 5) is 15.5. The second kappa shape index (κ2) is 7.08. The molecular formula is C15H11Cl2NO2. The van der Waals surface area contributed by atoms with E-state index in [-0.39, 0.29) is 6.61 Å². The number of benzene rings is 1. The van der Waals surface area contributed by atoms with Crippen LogP contribution in [0.4, 0.5) is 0 Å². The number of hydrogen-bond acceptors (Lipinski definition) is 3. The summed E-state index contributed by atoms with van der Waals surface area (Å²) >= 11 is 11.8. The first-order valence-electron chi connectivity index (χ1n) is 5.84. The molecule has 0 bridgehead atoms. The van der Waals surface area contributed by atoms with E-state index in [2.05, 4.69) is 4.98 Å². The third kappa shape index (κ3) is 4.37. The molecule has 0 amide bonds. The number of aromatic nitrogens is 1. The van der Waals surface area contributed by atoms with Crippen LogP contribution >= 0.6 is 23.2 Å². The minimum atomic E-state index is -0.454. The second-order valence-electron chi connectivity index (χ2n) is 3.97. The molecule has 0 fully saturated rings. The summed E-state index contributed by atoms with van der Waals surface area (Å²) < 4.78 is 5.08. The molecule has 1 heterocycles. The third-order valence-corrected chi connectivity index (χ3v) is 3.04. The molecule has 2 rings (SSSR count). The molecule has 0 saturated heterocycles. The summed E-state index contributed by atoms with van der Waals surface area (Å²) in [6.45, 7) is 0.181. The molecule has 0 radical (unpaired) electrons.